The molecule has 0 aliphatic rings. The smallest absolute Gasteiger partial charge is 0.416 e. The third-order valence-corrected chi connectivity index (χ3v) is 7.56. The number of furan rings is 1. The summed E-state index contributed by atoms with van der Waals surface area (Å²) in [6.07, 6.45) is 1.64. The first-order valence-electron chi connectivity index (χ1n) is 13.1. The molecular formula is C27H37ClN4O8S2. The highest BCUT2D eigenvalue weighted by atomic mass is 35.5. The quantitative estimate of drug-likeness (QED) is 0.206. The highest BCUT2D eigenvalue weighted by Crippen LogP contribution is 2.38. The molecule has 0 saturated carbocycles. The van der Waals surface area contributed by atoms with Crippen LogP contribution in [0.3, 0.4) is 0 Å². The summed E-state index contributed by atoms with van der Waals surface area (Å²) in [4.78, 5) is 37.0. The van der Waals surface area contributed by atoms with Crippen molar-refractivity contribution in [1.29, 1.82) is 0 Å². The molecular weight excluding hydrogens is 608 g/mol. The zero-order valence-corrected chi connectivity index (χ0v) is 27.3. The number of aromatic nitrogens is 2. The number of anilines is 1. The van der Waals surface area contributed by atoms with Crippen molar-refractivity contribution in [3.05, 3.63) is 39.9 Å². The van der Waals surface area contributed by atoms with E-state index < -0.39 is 39.5 Å². The molecule has 0 aliphatic heterocycles. The van der Waals surface area contributed by atoms with Gasteiger partial charge in [0, 0.05) is 17.3 Å². The van der Waals surface area contributed by atoms with E-state index in [4.69, 9.17) is 29.7 Å². The van der Waals surface area contributed by atoms with Gasteiger partial charge in [0.1, 0.15) is 17.0 Å². The van der Waals surface area contributed by atoms with E-state index in [0.29, 0.717) is 22.4 Å². The van der Waals surface area contributed by atoms with E-state index in [9.17, 15) is 18.0 Å². The number of nitrogens with zero attached hydrogens (tertiary/aromatic N) is 3. The maximum Gasteiger partial charge on any atom is 0.416 e. The lowest BCUT2D eigenvalue weighted by atomic mass is 10.1. The van der Waals surface area contributed by atoms with Crippen molar-refractivity contribution in [2.24, 2.45) is 0 Å². The third-order valence-electron chi connectivity index (χ3n) is 5.50. The number of carbonyl (C=O) groups is 2. The monoisotopic (exact) mass is 644 g/mol. The van der Waals surface area contributed by atoms with E-state index in [1.165, 1.54) is 22.5 Å². The minimum atomic E-state index is -3.67. The van der Waals surface area contributed by atoms with Gasteiger partial charge in [0.25, 0.3) is 10.1 Å². The molecule has 3 aromatic heterocycles. The number of hydrogen-bond donors (Lipinski definition) is 1. The van der Waals surface area contributed by atoms with Gasteiger partial charge in [-0.05, 0) is 84.2 Å². The van der Waals surface area contributed by atoms with Crippen LogP contribution in [0.25, 0.3) is 10.2 Å². The number of hydrogen-bond acceptors (Lipinski definition) is 11. The van der Waals surface area contributed by atoms with E-state index >= 15 is 0 Å². The topological polar surface area (TPSA) is 150 Å². The summed E-state index contributed by atoms with van der Waals surface area (Å²) in [5.41, 5.74) is -0.213. The number of halogens is 1. The molecule has 232 valence electrons. The Hall–Kier alpha value is -2.94. The fraction of sp³-hybridized carbons (Fsp3) is 0.556. The molecule has 0 spiro atoms. The van der Waals surface area contributed by atoms with E-state index in [1.54, 1.807) is 53.7 Å². The standard InChI is InChI=1S/C27H37ClN4O8S2/c1-16-19(14-17(11-13-38-42(8,35)36)29-24(33)39-26(2,3)4)41-21-20(16)30-23(28)31-22(21)32(15-18-10-9-12-37-18)25(34)40-27(5,6)7/h9-10,12,17H,11,13-15H2,1-8H3,(H,29,33)/t17-/m0/s1. The van der Waals surface area contributed by atoms with Crippen LogP contribution in [0.5, 0.6) is 0 Å². The molecule has 1 N–H and O–H groups in total. The van der Waals surface area contributed by atoms with Crippen LogP contribution in [0.4, 0.5) is 15.4 Å². The molecule has 3 aromatic rings. The van der Waals surface area contributed by atoms with Gasteiger partial charge in [-0.3, -0.25) is 9.08 Å². The molecule has 15 heteroatoms. The van der Waals surface area contributed by atoms with Crippen molar-refractivity contribution >= 4 is 61.3 Å². The first kappa shape index (κ1) is 33.6. The molecule has 0 unspecified atom stereocenters. The van der Waals surface area contributed by atoms with E-state index in [1.807, 2.05) is 6.92 Å². The zero-order valence-electron chi connectivity index (χ0n) is 24.9. The average Bonchev–Trinajstić information content (AvgIpc) is 3.42. The number of amides is 2. The molecule has 3 rings (SSSR count). The fourth-order valence-electron chi connectivity index (χ4n) is 3.84. The van der Waals surface area contributed by atoms with Crippen LogP contribution in [0.2, 0.25) is 5.28 Å². The molecule has 1 atom stereocenters. The van der Waals surface area contributed by atoms with Crippen LogP contribution in [0, 0.1) is 6.92 Å². The largest absolute Gasteiger partial charge is 0.467 e. The lowest BCUT2D eigenvalue weighted by Crippen LogP contribution is -2.40. The highest BCUT2D eigenvalue weighted by Gasteiger charge is 2.30. The summed E-state index contributed by atoms with van der Waals surface area (Å²) in [5, 5.41) is 2.75. The van der Waals surface area contributed by atoms with Crippen LogP contribution in [0.1, 0.15) is 64.2 Å². The van der Waals surface area contributed by atoms with Crippen LogP contribution in [-0.4, -0.2) is 60.7 Å². The number of nitrogens with one attached hydrogen (secondary N) is 1. The molecule has 0 radical (unpaired) electrons. The fourth-order valence-corrected chi connectivity index (χ4v) is 5.72. The van der Waals surface area contributed by atoms with Crippen molar-refractivity contribution < 1.29 is 36.1 Å². The normalized spacial score (nSPS) is 13.2. The SMILES string of the molecule is Cc1c(C[C@H](CCOS(C)(=O)=O)NC(=O)OC(C)(C)C)sc2c(N(Cc3ccco3)C(=O)OC(C)(C)C)nc(Cl)nc12. The number of rotatable bonds is 10. The van der Waals surface area contributed by atoms with Gasteiger partial charge in [0.05, 0.1) is 35.9 Å². The van der Waals surface area contributed by atoms with E-state index in [-0.39, 0.29) is 30.7 Å². The maximum atomic E-state index is 13.4. The predicted octanol–water partition coefficient (Wildman–Crippen LogP) is 5.99. The van der Waals surface area contributed by atoms with Gasteiger partial charge in [-0.25, -0.2) is 14.6 Å². The van der Waals surface area contributed by atoms with Crippen LogP contribution >= 0.6 is 22.9 Å². The van der Waals surface area contributed by atoms with Crippen LogP contribution in [-0.2, 0) is 36.7 Å². The van der Waals surface area contributed by atoms with Crippen molar-refractivity contribution in [3.63, 3.8) is 0 Å². The van der Waals surface area contributed by atoms with Gasteiger partial charge in [-0.1, -0.05) is 0 Å². The summed E-state index contributed by atoms with van der Waals surface area (Å²) in [6.45, 7) is 12.3. The number of aryl methyl sites for hydroxylation is 1. The Morgan fingerprint density at radius 2 is 1.81 bits per heavy atom. The second kappa shape index (κ2) is 13.1. The van der Waals surface area contributed by atoms with Gasteiger partial charge in [0.15, 0.2) is 5.82 Å². The van der Waals surface area contributed by atoms with Crippen LogP contribution in [0.15, 0.2) is 22.8 Å². The van der Waals surface area contributed by atoms with E-state index in [0.717, 1.165) is 16.7 Å². The zero-order chi connectivity index (χ0) is 31.5. The van der Waals surface area contributed by atoms with Crippen molar-refractivity contribution in [2.45, 2.75) is 85.1 Å². The van der Waals surface area contributed by atoms with Gasteiger partial charge in [0.2, 0.25) is 5.28 Å². The lowest BCUT2D eigenvalue weighted by molar-refractivity contribution is 0.0497. The number of ether oxygens (including phenoxy) is 2. The van der Waals surface area contributed by atoms with Crippen molar-refractivity contribution in [2.75, 3.05) is 17.8 Å². The first-order chi connectivity index (χ1) is 19.3. The van der Waals surface area contributed by atoms with E-state index in [2.05, 4.69) is 15.3 Å². The Bertz CT molecular complexity index is 1510. The molecule has 0 saturated heterocycles. The lowest BCUT2D eigenvalue weighted by Gasteiger charge is -2.26. The molecule has 3 heterocycles. The molecule has 0 aliphatic carbocycles. The summed E-state index contributed by atoms with van der Waals surface area (Å²) in [5.74, 6) is 0.747. The summed E-state index contributed by atoms with van der Waals surface area (Å²) in [7, 11) is -3.67. The Balaban J connectivity index is 2.02. The third kappa shape index (κ3) is 10.1. The number of fused-ring (bicyclic) bond motifs is 1. The summed E-state index contributed by atoms with van der Waals surface area (Å²) >= 11 is 7.68. The Labute approximate surface area is 254 Å². The van der Waals surface area contributed by atoms with Gasteiger partial charge in [-0.15, -0.1) is 11.3 Å². The number of alkyl carbamates (subject to hydrolysis) is 1. The molecule has 0 bridgehead atoms. The first-order valence-corrected chi connectivity index (χ1v) is 16.1. The molecule has 2 amide bonds. The second-order valence-electron chi connectivity index (χ2n) is 11.7. The van der Waals surface area contributed by atoms with Crippen LogP contribution < -0.4 is 10.2 Å². The molecule has 0 aromatic carbocycles. The summed E-state index contributed by atoms with van der Waals surface area (Å²) in [6, 6.07) is 2.89. The number of thiophene rings is 1. The molecule has 42 heavy (non-hydrogen) atoms. The van der Waals surface area contributed by atoms with Crippen molar-refractivity contribution in [1.82, 2.24) is 15.3 Å². The summed E-state index contributed by atoms with van der Waals surface area (Å²) < 4.78 is 45.1. The maximum absolute atomic E-state index is 13.4. The van der Waals surface area contributed by atoms with Gasteiger partial charge in [-0.2, -0.15) is 13.4 Å². The minimum absolute atomic E-state index is 0.0301. The Kier molecular flexibility index (Phi) is 10.5. The van der Waals surface area contributed by atoms with Gasteiger partial charge >= 0.3 is 12.2 Å². The average molecular weight is 645 g/mol. The van der Waals surface area contributed by atoms with Gasteiger partial charge < -0.3 is 19.2 Å². The predicted molar refractivity (Wildman–Crippen MR) is 161 cm³/mol. The second-order valence-corrected chi connectivity index (χ2v) is 14.7. The van der Waals surface area contributed by atoms with Crippen molar-refractivity contribution in [3.8, 4) is 0 Å². The highest BCUT2D eigenvalue weighted by molar-refractivity contribution is 7.85. The Morgan fingerprint density at radius 1 is 1.14 bits per heavy atom. The minimum Gasteiger partial charge on any atom is -0.467 e. The molecule has 0 fully saturated rings. The Morgan fingerprint density at radius 3 is 2.38 bits per heavy atom. The number of carbonyl (C=O) groups excluding carboxylic acids is 2. The molecule has 12 nitrogen and oxygen atoms in total.